The molecule has 0 unspecified atom stereocenters. The maximum atomic E-state index is 11.7. The van der Waals surface area contributed by atoms with E-state index in [9.17, 15) is 4.79 Å². The number of nitrogens with one attached hydrogen (secondary N) is 1. The van der Waals surface area contributed by atoms with Crippen molar-refractivity contribution < 1.29 is 19.0 Å². The fraction of sp³-hybridized carbons (Fsp3) is 0.500. The van der Waals surface area contributed by atoms with Gasteiger partial charge in [0.1, 0.15) is 0 Å². The Bertz CT molecular complexity index is 406. The molecule has 1 rings (SSSR count). The van der Waals surface area contributed by atoms with Gasteiger partial charge in [-0.25, -0.2) is 0 Å². The molecule has 0 fully saturated rings. The molecule has 0 aliphatic heterocycles. The number of hydrogen-bond donors (Lipinski definition) is 1. The van der Waals surface area contributed by atoms with Crippen LogP contribution in [0.4, 0.5) is 0 Å². The van der Waals surface area contributed by atoms with Crippen LogP contribution in [0.15, 0.2) is 12.1 Å². The normalized spacial score (nSPS) is 9.89. The first-order valence-electron chi connectivity index (χ1n) is 6.21. The molecular weight excluding hydrogens is 246 g/mol. The second-order valence-electron chi connectivity index (χ2n) is 4.06. The van der Waals surface area contributed by atoms with Crippen LogP contribution in [0, 0.1) is 0 Å². The third-order valence-electron chi connectivity index (χ3n) is 2.66. The van der Waals surface area contributed by atoms with Gasteiger partial charge in [-0.05, 0) is 24.1 Å². The summed E-state index contributed by atoms with van der Waals surface area (Å²) in [4.78, 5) is 11.7. The topological polar surface area (TPSA) is 56.8 Å². The third-order valence-corrected chi connectivity index (χ3v) is 2.66. The number of amides is 1. The lowest BCUT2D eigenvalue weighted by molar-refractivity contribution is -0.120. The van der Waals surface area contributed by atoms with Crippen molar-refractivity contribution in [2.45, 2.75) is 19.8 Å². The van der Waals surface area contributed by atoms with Gasteiger partial charge in [0.25, 0.3) is 0 Å². The van der Waals surface area contributed by atoms with Crippen LogP contribution in [0.25, 0.3) is 0 Å². The Labute approximate surface area is 113 Å². The minimum atomic E-state index is -0.0175. The van der Waals surface area contributed by atoms with E-state index in [4.69, 9.17) is 14.2 Å². The Kier molecular flexibility index (Phi) is 5.99. The van der Waals surface area contributed by atoms with Crippen LogP contribution in [0.3, 0.4) is 0 Å². The molecule has 0 aromatic heterocycles. The quantitative estimate of drug-likeness (QED) is 0.818. The molecule has 0 spiro atoms. The summed E-state index contributed by atoms with van der Waals surface area (Å²) < 4.78 is 15.7. The highest BCUT2D eigenvalue weighted by Gasteiger charge is 2.14. The van der Waals surface area contributed by atoms with Crippen LogP contribution in [0.5, 0.6) is 17.2 Å². The number of benzene rings is 1. The number of carbonyl (C=O) groups excluding carboxylic acids is 1. The summed E-state index contributed by atoms with van der Waals surface area (Å²) in [6.45, 7) is 2.70. The van der Waals surface area contributed by atoms with Crippen molar-refractivity contribution in [2.75, 3.05) is 27.9 Å². The highest BCUT2D eigenvalue weighted by atomic mass is 16.5. The van der Waals surface area contributed by atoms with Crippen molar-refractivity contribution in [3.63, 3.8) is 0 Å². The third kappa shape index (κ3) is 4.05. The van der Waals surface area contributed by atoms with Crippen molar-refractivity contribution in [3.8, 4) is 17.2 Å². The molecule has 5 heteroatoms. The molecule has 0 radical (unpaired) electrons. The fourth-order valence-corrected chi connectivity index (χ4v) is 1.75. The fourth-order valence-electron chi connectivity index (χ4n) is 1.75. The van der Waals surface area contributed by atoms with Crippen LogP contribution in [0.2, 0.25) is 0 Å². The SMILES string of the molecule is CCCNC(=O)Cc1cc(OC)c(OC)c(OC)c1. The maximum Gasteiger partial charge on any atom is 0.224 e. The van der Waals surface area contributed by atoms with E-state index in [1.807, 2.05) is 6.92 Å². The maximum absolute atomic E-state index is 11.7. The lowest BCUT2D eigenvalue weighted by atomic mass is 10.1. The molecule has 0 atom stereocenters. The first kappa shape index (κ1) is 15.1. The van der Waals surface area contributed by atoms with Gasteiger partial charge in [0, 0.05) is 6.54 Å². The van der Waals surface area contributed by atoms with Gasteiger partial charge in [-0.1, -0.05) is 6.92 Å². The molecule has 0 heterocycles. The van der Waals surface area contributed by atoms with Gasteiger partial charge in [0.05, 0.1) is 27.8 Å². The molecule has 106 valence electrons. The lowest BCUT2D eigenvalue weighted by Crippen LogP contribution is -2.25. The van der Waals surface area contributed by atoms with Crippen LogP contribution in [-0.4, -0.2) is 33.8 Å². The number of hydrogen-bond acceptors (Lipinski definition) is 4. The van der Waals surface area contributed by atoms with Crippen LogP contribution < -0.4 is 19.5 Å². The first-order chi connectivity index (χ1) is 9.15. The molecular formula is C14H21NO4. The van der Waals surface area contributed by atoms with Gasteiger partial charge in [0.2, 0.25) is 11.7 Å². The monoisotopic (exact) mass is 267 g/mol. The van der Waals surface area contributed by atoms with E-state index >= 15 is 0 Å². The Morgan fingerprint density at radius 2 is 1.68 bits per heavy atom. The zero-order chi connectivity index (χ0) is 14.3. The van der Waals surface area contributed by atoms with Gasteiger partial charge in [-0.3, -0.25) is 4.79 Å². The van der Waals surface area contributed by atoms with Crippen molar-refractivity contribution in [1.82, 2.24) is 5.32 Å². The molecule has 19 heavy (non-hydrogen) atoms. The molecule has 0 saturated heterocycles. The van der Waals surface area contributed by atoms with Gasteiger partial charge in [0.15, 0.2) is 11.5 Å². The van der Waals surface area contributed by atoms with E-state index in [0.29, 0.717) is 23.8 Å². The summed E-state index contributed by atoms with van der Waals surface area (Å²) >= 11 is 0. The van der Waals surface area contributed by atoms with Gasteiger partial charge in [-0.2, -0.15) is 0 Å². The molecule has 1 aromatic carbocycles. The largest absolute Gasteiger partial charge is 0.493 e. The highest BCUT2D eigenvalue weighted by Crippen LogP contribution is 2.38. The minimum absolute atomic E-state index is 0.0175. The van der Waals surface area contributed by atoms with Crippen LogP contribution in [0.1, 0.15) is 18.9 Å². The molecule has 5 nitrogen and oxygen atoms in total. The van der Waals surface area contributed by atoms with Crippen molar-refractivity contribution >= 4 is 5.91 Å². The average Bonchev–Trinajstić information content (AvgIpc) is 2.43. The Hall–Kier alpha value is -1.91. The predicted octanol–water partition coefficient (Wildman–Crippen LogP) is 1.78. The van der Waals surface area contributed by atoms with Crippen molar-refractivity contribution in [2.24, 2.45) is 0 Å². The Morgan fingerprint density at radius 1 is 1.11 bits per heavy atom. The minimum Gasteiger partial charge on any atom is -0.493 e. The van der Waals surface area contributed by atoms with Crippen LogP contribution in [-0.2, 0) is 11.2 Å². The highest BCUT2D eigenvalue weighted by molar-refractivity contribution is 5.79. The molecule has 0 aliphatic rings. The van der Waals surface area contributed by atoms with E-state index in [-0.39, 0.29) is 12.3 Å². The number of rotatable bonds is 7. The number of methoxy groups -OCH3 is 3. The van der Waals surface area contributed by atoms with E-state index in [1.54, 1.807) is 33.5 Å². The second-order valence-corrected chi connectivity index (χ2v) is 4.06. The summed E-state index contributed by atoms with van der Waals surface area (Å²) in [7, 11) is 4.66. The first-order valence-corrected chi connectivity index (χ1v) is 6.21. The smallest absolute Gasteiger partial charge is 0.224 e. The zero-order valence-electron chi connectivity index (χ0n) is 11.9. The zero-order valence-corrected chi connectivity index (χ0v) is 11.9. The number of carbonyl (C=O) groups is 1. The molecule has 1 N–H and O–H groups in total. The van der Waals surface area contributed by atoms with Crippen molar-refractivity contribution in [1.29, 1.82) is 0 Å². The summed E-state index contributed by atoms with van der Waals surface area (Å²) in [5, 5.41) is 2.83. The van der Waals surface area contributed by atoms with E-state index < -0.39 is 0 Å². The van der Waals surface area contributed by atoms with E-state index in [1.165, 1.54) is 0 Å². The molecule has 1 aromatic rings. The number of ether oxygens (including phenoxy) is 3. The van der Waals surface area contributed by atoms with Crippen molar-refractivity contribution in [3.05, 3.63) is 17.7 Å². The van der Waals surface area contributed by atoms with Gasteiger partial charge >= 0.3 is 0 Å². The lowest BCUT2D eigenvalue weighted by Gasteiger charge is -2.14. The standard InChI is InChI=1S/C14H21NO4/c1-5-6-15-13(16)9-10-7-11(17-2)14(19-4)12(8-10)18-3/h7-8H,5-6,9H2,1-4H3,(H,15,16). The summed E-state index contributed by atoms with van der Waals surface area (Å²) in [5.74, 6) is 1.62. The van der Waals surface area contributed by atoms with Gasteiger partial charge in [-0.15, -0.1) is 0 Å². The van der Waals surface area contributed by atoms with E-state index in [2.05, 4.69) is 5.32 Å². The Morgan fingerprint density at radius 3 is 2.11 bits per heavy atom. The predicted molar refractivity (Wildman–Crippen MR) is 73.1 cm³/mol. The Balaban J connectivity index is 2.93. The molecule has 0 saturated carbocycles. The molecule has 0 aliphatic carbocycles. The molecule has 0 bridgehead atoms. The van der Waals surface area contributed by atoms with Crippen LogP contribution >= 0.6 is 0 Å². The summed E-state index contributed by atoms with van der Waals surface area (Å²) in [6, 6.07) is 3.57. The summed E-state index contributed by atoms with van der Waals surface area (Å²) in [5.41, 5.74) is 0.822. The molecule has 1 amide bonds. The van der Waals surface area contributed by atoms with Gasteiger partial charge < -0.3 is 19.5 Å². The second kappa shape index (κ2) is 7.51. The van der Waals surface area contributed by atoms with E-state index in [0.717, 1.165) is 12.0 Å². The summed E-state index contributed by atoms with van der Waals surface area (Å²) in [6.07, 6.45) is 1.21. The average molecular weight is 267 g/mol.